The largest absolute Gasteiger partial charge is 0.367 e. The van der Waals surface area contributed by atoms with Gasteiger partial charge in [-0.05, 0) is 24.3 Å². The minimum atomic E-state index is 0.385. The van der Waals surface area contributed by atoms with Gasteiger partial charge in [-0.3, -0.25) is 0 Å². The summed E-state index contributed by atoms with van der Waals surface area (Å²) in [5, 5.41) is 6.56. The molecule has 0 aromatic carbocycles. The van der Waals surface area contributed by atoms with Crippen molar-refractivity contribution in [3.63, 3.8) is 0 Å². The molecule has 0 aliphatic carbocycles. The lowest BCUT2D eigenvalue weighted by Gasteiger charge is -2.16. The van der Waals surface area contributed by atoms with Gasteiger partial charge in [0.15, 0.2) is 0 Å². The number of aromatic nitrogens is 2. The molecule has 86 valence electrons. The van der Waals surface area contributed by atoms with E-state index >= 15 is 0 Å². The number of hydrogen-bond donors (Lipinski definition) is 1. The standard InChI is InChI=1S/C11H14ClN3S/c1-2-8(3-5-12)15-10-9-4-6-16-11(9)14-7-13-10/h4,6-8H,2-3,5H2,1H3,(H,13,14,15). The number of halogens is 1. The summed E-state index contributed by atoms with van der Waals surface area (Å²) in [6.45, 7) is 2.15. The van der Waals surface area contributed by atoms with E-state index in [0.717, 1.165) is 28.9 Å². The molecule has 0 aliphatic rings. The van der Waals surface area contributed by atoms with Crippen molar-refractivity contribution in [2.75, 3.05) is 11.2 Å². The molecule has 0 saturated carbocycles. The van der Waals surface area contributed by atoms with Gasteiger partial charge in [0.05, 0.1) is 5.39 Å². The smallest absolute Gasteiger partial charge is 0.138 e. The van der Waals surface area contributed by atoms with Crippen LogP contribution in [0.15, 0.2) is 17.8 Å². The summed E-state index contributed by atoms with van der Waals surface area (Å²) in [4.78, 5) is 9.54. The van der Waals surface area contributed by atoms with Crippen molar-refractivity contribution in [2.24, 2.45) is 0 Å². The van der Waals surface area contributed by atoms with Crippen molar-refractivity contribution in [1.82, 2.24) is 9.97 Å². The molecule has 0 bridgehead atoms. The lowest BCUT2D eigenvalue weighted by atomic mass is 10.1. The second kappa shape index (κ2) is 5.46. The van der Waals surface area contributed by atoms with Gasteiger partial charge in [0, 0.05) is 11.9 Å². The molecule has 0 radical (unpaired) electrons. The maximum atomic E-state index is 5.77. The number of thiophene rings is 1. The Morgan fingerprint density at radius 2 is 2.38 bits per heavy atom. The first-order valence-corrected chi connectivity index (χ1v) is 6.77. The predicted octanol–water partition coefficient (Wildman–Crippen LogP) is 3.51. The van der Waals surface area contributed by atoms with Gasteiger partial charge in [0.1, 0.15) is 17.0 Å². The maximum Gasteiger partial charge on any atom is 0.138 e. The van der Waals surface area contributed by atoms with E-state index in [-0.39, 0.29) is 0 Å². The van der Waals surface area contributed by atoms with Crippen LogP contribution in [0.3, 0.4) is 0 Å². The fourth-order valence-corrected chi connectivity index (χ4v) is 2.60. The third-order valence-corrected chi connectivity index (χ3v) is 3.59. The van der Waals surface area contributed by atoms with Gasteiger partial charge in [-0.15, -0.1) is 22.9 Å². The first-order chi connectivity index (χ1) is 7.85. The SMILES string of the molecule is CCC(CCCl)Nc1ncnc2sccc12. The van der Waals surface area contributed by atoms with Crippen LogP contribution in [0.5, 0.6) is 0 Å². The number of anilines is 1. The third-order valence-electron chi connectivity index (χ3n) is 2.55. The van der Waals surface area contributed by atoms with Crippen molar-refractivity contribution in [3.8, 4) is 0 Å². The molecule has 2 heterocycles. The zero-order chi connectivity index (χ0) is 11.4. The summed E-state index contributed by atoms with van der Waals surface area (Å²) >= 11 is 7.40. The van der Waals surface area contributed by atoms with Gasteiger partial charge in [0.25, 0.3) is 0 Å². The van der Waals surface area contributed by atoms with Gasteiger partial charge >= 0.3 is 0 Å². The molecule has 0 aliphatic heterocycles. The Kier molecular flexibility index (Phi) is 3.96. The van der Waals surface area contributed by atoms with Gasteiger partial charge in [0.2, 0.25) is 0 Å². The first-order valence-electron chi connectivity index (χ1n) is 5.35. The van der Waals surface area contributed by atoms with Gasteiger partial charge in [-0.2, -0.15) is 0 Å². The molecule has 2 rings (SSSR count). The summed E-state index contributed by atoms with van der Waals surface area (Å²) in [5.74, 6) is 1.59. The molecular formula is C11H14ClN3S. The topological polar surface area (TPSA) is 37.8 Å². The molecule has 1 atom stereocenters. The molecule has 1 N–H and O–H groups in total. The van der Waals surface area contributed by atoms with Crippen LogP contribution >= 0.6 is 22.9 Å². The molecule has 0 spiro atoms. The van der Waals surface area contributed by atoms with Gasteiger partial charge < -0.3 is 5.32 Å². The predicted molar refractivity (Wildman–Crippen MR) is 70.5 cm³/mol. The Morgan fingerprint density at radius 1 is 1.50 bits per heavy atom. The second-order valence-electron chi connectivity index (χ2n) is 3.59. The van der Waals surface area contributed by atoms with Crippen LogP contribution in [0.2, 0.25) is 0 Å². The Hall–Kier alpha value is -0.870. The number of alkyl halides is 1. The minimum absolute atomic E-state index is 0.385. The van der Waals surface area contributed by atoms with Crippen molar-refractivity contribution >= 4 is 39.0 Å². The lowest BCUT2D eigenvalue weighted by Crippen LogP contribution is -2.19. The Bertz CT molecular complexity index is 457. The van der Waals surface area contributed by atoms with Gasteiger partial charge in [-0.25, -0.2) is 9.97 Å². The van der Waals surface area contributed by atoms with Crippen LogP contribution in [0.25, 0.3) is 10.2 Å². The van der Waals surface area contributed by atoms with Crippen molar-refractivity contribution in [1.29, 1.82) is 0 Å². The van der Waals surface area contributed by atoms with Crippen molar-refractivity contribution in [3.05, 3.63) is 17.8 Å². The highest BCUT2D eigenvalue weighted by Crippen LogP contribution is 2.24. The van der Waals surface area contributed by atoms with Gasteiger partial charge in [-0.1, -0.05) is 6.92 Å². The zero-order valence-electron chi connectivity index (χ0n) is 9.11. The number of nitrogens with zero attached hydrogens (tertiary/aromatic N) is 2. The maximum absolute atomic E-state index is 5.77. The van der Waals surface area contributed by atoms with Crippen LogP contribution in [-0.4, -0.2) is 21.9 Å². The fraction of sp³-hybridized carbons (Fsp3) is 0.455. The van der Waals surface area contributed by atoms with Crippen LogP contribution in [-0.2, 0) is 0 Å². The van der Waals surface area contributed by atoms with E-state index in [0.29, 0.717) is 11.9 Å². The summed E-state index contributed by atoms with van der Waals surface area (Å²) in [7, 11) is 0. The van der Waals surface area contributed by atoms with Crippen LogP contribution in [0.4, 0.5) is 5.82 Å². The van der Waals surface area contributed by atoms with E-state index in [4.69, 9.17) is 11.6 Å². The molecule has 2 aromatic rings. The highest BCUT2D eigenvalue weighted by Gasteiger charge is 2.09. The van der Waals surface area contributed by atoms with E-state index in [9.17, 15) is 0 Å². The van der Waals surface area contributed by atoms with Crippen LogP contribution in [0.1, 0.15) is 19.8 Å². The number of rotatable bonds is 5. The van der Waals surface area contributed by atoms with E-state index in [1.165, 1.54) is 0 Å². The first kappa shape index (κ1) is 11.6. The summed E-state index contributed by atoms with van der Waals surface area (Å²) in [6, 6.07) is 2.44. The minimum Gasteiger partial charge on any atom is -0.367 e. The third kappa shape index (κ3) is 2.44. The Morgan fingerprint density at radius 3 is 3.12 bits per heavy atom. The van der Waals surface area contributed by atoms with E-state index < -0.39 is 0 Å². The van der Waals surface area contributed by atoms with E-state index in [2.05, 4.69) is 28.3 Å². The van der Waals surface area contributed by atoms with E-state index in [1.54, 1.807) is 17.7 Å². The summed E-state index contributed by atoms with van der Waals surface area (Å²) in [6.07, 6.45) is 3.60. The second-order valence-corrected chi connectivity index (χ2v) is 4.86. The molecule has 16 heavy (non-hydrogen) atoms. The number of fused-ring (bicyclic) bond motifs is 1. The van der Waals surface area contributed by atoms with Crippen molar-refractivity contribution < 1.29 is 0 Å². The normalized spacial score (nSPS) is 12.9. The van der Waals surface area contributed by atoms with Crippen LogP contribution < -0.4 is 5.32 Å². The summed E-state index contributed by atoms with van der Waals surface area (Å²) < 4.78 is 0. The average molecular weight is 256 g/mol. The average Bonchev–Trinajstić information content (AvgIpc) is 2.77. The monoisotopic (exact) mass is 255 g/mol. The zero-order valence-corrected chi connectivity index (χ0v) is 10.7. The molecule has 0 amide bonds. The Labute approximate surface area is 104 Å². The number of nitrogens with one attached hydrogen (secondary N) is 1. The summed E-state index contributed by atoms with van der Waals surface area (Å²) in [5.41, 5.74) is 0. The molecule has 0 saturated heterocycles. The molecule has 5 heteroatoms. The highest BCUT2D eigenvalue weighted by atomic mass is 35.5. The van der Waals surface area contributed by atoms with E-state index in [1.807, 2.05) is 5.38 Å². The molecule has 0 fully saturated rings. The lowest BCUT2D eigenvalue weighted by molar-refractivity contribution is 0.673. The molecule has 3 nitrogen and oxygen atoms in total. The molecular weight excluding hydrogens is 242 g/mol. The highest BCUT2D eigenvalue weighted by molar-refractivity contribution is 7.16. The molecule has 2 aromatic heterocycles. The van der Waals surface area contributed by atoms with Crippen LogP contribution in [0, 0.1) is 0 Å². The van der Waals surface area contributed by atoms with Crippen molar-refractivity contribution in [2.45, 2.75) is 25.8 Å². The number of hydrogen-bond acceptors (Lipinski definition) is 4. The quantitative estimate of drug-likeness (QED) is 0.831. The Balaban J connectivity index is 2.22. The fourth-order valence-electron chi connectivity index (χ4n) is 1.61. The molecule has 1 unspecified atom stereocenters.